The van der Waals surface area contributed by atoms with Crippen molar-refractivity contribution in [3.8, 4) is 0 Å². The first kappa shape index (κ1) is 32.9. The molecule has 2 N–H and O–H groups in total. The molecule has 4 aliphatic heterocycles. The van der Waals surface area contributed by atoms with Gasteiger partial charge in [0.2, 0.25) is 11.8 Å². The van der Waals surface area contributed by atoms with Crippen molar-refractivity contribution < 1.29 is 19.2 Å². The maximum atomic E-state index is 13.3. The van der Waals surface area contributed by atoms with Gasteiger partial charge in [-0.25, -0.2) is 4.68 Å². The van der Waals surface area contributed by atoms with Crippen LogP contribution in [0.1, 0.15) is 57.0 Å². The van der Waals surface area contributed by atoms with Crippen molar-refractivity contribution >= 4 is 46.6 Å². The van der Waals surface area contributed by atoms with E-state index in [1.165, 1.54) is 15.8 Å². The third-order valence-electron chi connectivity index (χ3n) is 10.1. The highest BCUT2D eigenvalue weighted by molar-refractivity contribution is 6.33. The van der Waals surface area contributed by atoms with Crippen molar-refractivity contribution in [3.63, 3.8) is 0 Å². The number of nitrogens with one attached hydrogen (secondary N) is 2. The van der Waals surface area contributed by atoms with Crippen LogP contribution >= 0.6 is 11.6 Å². The number of rotatable bonds is 7. The SMILES string of the molecule is CN1CC(Nc2cnn(C)c(=O)c2Cl)CC(c2ccc(CN3CCN(c4ccc5c(c4)C(=O)N(C4CCC(=O)NC4=O)C5=O)CC3)cc2)C1. The number of aromatic nitrogens is 2. The zero-order chi connectivity index (χ0) is 34.4. The lowest BCUT2D eigenvalue weighted by atomic mass is 9.87. The summed E-state index contributed by atoms with van der Waals surface area (Å²) < 4.78 is 1.23. The van der Waals surface area contributed by atoms with Crippen LogP contribution in [-0.4, -0.2) is 107 Å². The monoisotopic (exact) mass is 686 g/mol. The van der Waals surface area contributed by atoms with Crippen LogP contribution in [0.4, 0.5) is 11.4 Å². The van der Waals surface area contributed by atoms with Gasteiger partial charge in [0.05, 0.1) is 23.0 Å². The number of hydrogen-bond acceptors (Lipinski definition) is 10. The van der Waals surface area contributed by atoms with Crippen LogP contribution in [-0.2, 0) is 23.2 Å². The Morgan fingerprint density at radius 1 is 0.918 bits per heavy atom. The molecule has 7 rings (SSSR count). The highest BCUT2D eigenvalue weighted by atomic mass is 35.5. The van der Waals surface area contributed by atoms with E-state index in [0.29, 0.717) is 17.2 Å². The third kappa shape index (κ3) is 6.57. The van der Waals surface area contributed by atoms with E-state index in [1.54, 1.807) is 25.4 Å². The summed E-state index contributed by atoms with van der Waals surface area (Å²) in [6.45, 7) is 5.84. The molecule has 4 aliphatic rings. The van der Waals surface area contributed by atoms with E-state index in [-0.39, 0.29) is 35.0 Å². The molecule has 3 aromatic rings. The molecule has 3 saturated heterocycles. The van der Waals surface area contributed by atoms with Gasteiger partial charge >= 0.3 is 0 Å². The second-order valence-electron chi connectivity index (χ2n) is 13.5. The van der Waals surface area contributed by atoms with Crippen LogP contribution in [0.2, 0.25) is 5.02 Å². The number of fused-ring (bicyclic) bond motifs is 1. The molecular weight excluding hydrogens is 648 g/mol. The van der Waals surface area contributed by atoms with Crippen LogP contribution in [0.15, 0.2) is 53.5 Å². The van der Waals surface area contributed by atoms with Gasteiger partial charge in [-0.05, 0) is 55.1 Å². The number of aryl methyl sites for hydroxylation is 1. The molecule has 13 nitrogen and oxygen atoms in total. The number of piperazine rings is 1. The van der Waals surface area contributed by atoms with E-state index in [2.05, 4.69) is 61.7 Å². The molecule has 3 atom stereocenters. The molecule has 0 spiro atoms. The Kier molecular flexibility index (Phi) is 8.99. The van der Waals surface area contributed by atoms with Crippen molar-refractivity contribution in [1.29, 1.82) is 0 Å². The standard InChI is InChI=1S/C35H39ClN8O5/c1-40-19-23(15-24(20-40)38-28-17-37-41(2)35(49)31(28)36)22-5-3-21(4-6-22)18-42-11-13-43(14-12-42)25-7-8-26-27(16-25)34(48)44(33(26)47)29-9-10-30(45)39-32(29)46/h3-8,16-17,23-24,29,38H,9-15,18-20H2,1-2H3,(H,39,45,46). The number of likely N-dealkylation sites (N-methyl/N-ethyl adjacent to an activating group) is 1. The first-order valence-electron chi connectivity index (χ1n) is 16.6. The van der Waals surface area contributed by atoms with Gasteiger partial charge in [-0.2, -0.15) is 5.10 Å². The summed E-state index contributed by atoms with van der Waals surface area (Å²) in [5.41, 5.74) is 4.22. The number of benzene rings is 2. The normalized spacial score (nSPS) is 23.5. The number of halogens is 1. The zero-order valence-corrected chi connectivity index (χ0v) is 28.3. The van der Waals surface area contributed by atoms with E-state index < -0.39 is 29.7 Å². The molecule has 49 heavy (non-hydrogen) atoms. The predicted molar refractivity (Wildman–Crippen MR) is 184 cm³/mol. The van der Waals surface area contributed by atoms with Gasteiger partial charge in [-0.3, -0.25) is 39.1 Å². The van der Waals surface area contributed by atoms with Crippen LogP contribution in [0.5, 0.6) is 0 Å². The summed E-state index contributed by atoms with van der Waals surface area (Å²) in [6, 6.07) is 13.3. The lowest BCUT2D eigenvalue weighted by Gasteiger charge is -2.37. The van der Waals surface area contributed by atoms with Gasteiger partial charge in [-0.1, -0.05) is 35.9 Å². The Hall–Kier alpha value is -4.59. The summed E-state index contributed by atoms with van der Waals surface area (Å²) in [4.78, 5) is 70.5. The first-order chi connectivity index (χ1) is 23.5. The van der Waals surface area contributed by atoms with Gasteiger partial charge in [0.25, 0.3) is 17.4 Å². The Morgan fingerprint density at radius 3 is 2.39 bits per heavy atom. The minimum atomic E-state index is -0.973. The molecular formula is C35H39ClN8O5. The van der Waals surface area contributed by atoms with Crippen molar-refractivity contribution in [2.24, 2.45) is 7.05 Å². The molecule has 0 aliphatic carbocycles. The molecule has 256 valence electrons. The topological polar surface area (TPSA) is 140 Å². The fourth-order valence-corrected chi connectivity index (χ4v) is 7.70. The number of anilines is 2. The molecule has 3 fully saturated rings. The maximum absolute atomic E-state index is 13.3. The largest absolute Gasteiger partial charge is 0.378 e. The Bertz CT molecular complexity index is 1870. The average Bonchev–Trinajstić information content (AvgIpc) is 3.34. The zero-order valence-electron chi connectivity index (χ0n) is 27.5. The average molecular weight is 687 g/mol. The van der Waals surface area contributed by atoms with Crippen molar-refractivity contribution in [2.75, 3.05) is 56.5 Å². The van der Waals surface area contributed by atoms with Gasteiger partial charge in [0.1, 0.15) is 11.1 Å². The van der Waals surface area contributed by atoms with Crippen LogP contribution in [0.3, 0.4) is 0 Å². The van der Waals surface area contributed by atoms with E-state index in [1.807, 2.05) is 6.07 Å². The number of carbonyl (C=O) groups is 4. The van der Waals surface area contributed by atoms with Crippen molar-refractivity contribution in [1.82, 2.24) is 29.8 Å². The van der Waals surface area contributed by atoms with E-state index >= 15 is 0 Å². The minimum Gasteiger partial charge on any atom is -0.378 e. The molecule has 4 amide bonds. The van der Waals surface area contributed by atoms with Gasteiger partial charge in [0, 0.05) is 71.0 Å². The van der Waals surface area contributed by atoms with Crippen LogP contribution in [0, 0.1) is 0 Å². The summed E-state index contributed by atoms with van der Waals surface area (Å²) in [5, 5.41) is 9.95. The van der Waals surface area contributed by atoms with E-state index in [0.717, 1.165) is 62.8 Å². The predicted octanol–water partition coefficient (Wildman–Crippen LogP) is 2.06. The fourth-order valence-electron chi connectivity index (χ4n) is 7.47. The van der Waals surface area contributed by atoms with E-state index in [9.17, 15) is 24.0 Å². The second-order valence-corrected chi connectivity index (χ2v) is 13.9. The second kappa shape index (κ2) is 13.4. The minimum absolute atomic E-state index is 0.0915. The number of carbonyl (C=O) groups excluding carboxylic acids is 4. The highest BCUT2D eigenvalue weighted by Crippen LogP contribution is 2.32. The van der Waals surface area contributed by atoms with Gasteiger partial charge < -0.3 is 15.1 Å². The summed E-state index contributed by atoms with van der Waals surface area (Å²) in [5.74, 6) is -1.66. The van der Waals surface area contributed by atoms with Crippen LogP contribution < -0.4 is 21.1 Å². The third-order valence-corrected chi connectivity index (χ3v) is 10.5. The smallest absolute Gasteiger partial charge is 0.287 e. The highest BCUT2D eigenvalue weighted by Gasteiger charge is 2.44. The summed E-state index contributed by atoms with van der Waals surface area (Å²) in [6.07, 6.45) is 2.74. The number of piperidine rings is 2. The molecule has 14 heteroatoms. The molecule has 3 unspecified atom stereocenters. The molecule has 5 heterocycles. The van der Waals surface area contributed by atoms with Gasteiger partial charge in [0.15, 0.2) is 0 Å². The number of likely N-dealkylation sites (tertiary alicyclic amines) is 1. The van der Waals surface area contributed by atoms with Crippen LogP contribution in [0.25, 0.3) is 0 Å². The van der Waals surface area contributed by atoms with Crippen molar-refractivity contribution in [2.45, 2.75) is 43.8 Å². The molecule has 0 radical (unpaired) electrons. The van der Waals surface area contributed by atoms with Gasteiger partial charge in [-0.15, -0.1) is 0 Å². The summed E-state index contributed by atoms with van der Waals surface area (Å²) in [7, 11) is 3.69. The maximum Gasteiger partial charge on any atom is 0.287 e. The quantitative estimate of drug-likeness (QED) is 0.355. The molecule has 0 saturated carbocycles. The summed E-state index contributed by atoms with van der Waals surface area (Å²) >= 11 is 6.31. The van der Waals surface area contributed by atoms with Crippen molar-refractivity contribution in [3.05, 3.63) is 86.3 Å². The number of nitrogens with zero attached hydrogens (tertiary/aromatic N) is 6. The first-order valence-corrected chi connectivity index (χ1v) is 17.0. The lowest BCUT2D eigenvalue weighted by Crippen LogP contribution is -2.54. The molecule has 2 aromatic carbocycles. The molecule has 0 bridgehead atoms. The number of amides is 4. The van der Waals surface area contributed by atoms with E-state index in [4.69, 9.17) is 11.6 Å². The Morgan fingerprint density at radius 2 is 1.65 bits per heavy atom. The fraction of sp³-hybridized carbons (Fsp3) is 0.429. The number of hydrogen-bond donors (Lipinski definition) is 2. The molecule has 1 aromatic heterocycles. The Balaban J connectivity index is 0.936. The number of imide groups is 2. The Labute approximate surface area is 288 Å². The lowest BCUT2D eigenvalue weighted by molar-refractivity contribution is -0.136.